The lowest BCUT2D eigenvalue weighted by Gasteiger charge is -2.02. The van der Waals surface area contributed by atoms with E-state index in [2.05, 4.69) is 15.6 Å². The Morgan fingerprint density at radius 3 is 2.65 bits per heavy atom. The Balaban J connectivity index is 2.05. The smallest absolute Gasteiger partial charge is 0.115 e. The molecule has 0 saturated heterocycles. The van der Waals surface area contributed by atoms with Crippen LogP contribution >= 0.6 is 0 Å². The summed E-state index contributed by atoms with van der Waals surface area (Å²) in [6, 6.07) is 12.1. The molecule has 0 atom stereocenters. The fourth-order valence-electron chi connectivity index (χ4n) is 1.80. The molecule has 1 aromatic carbocycles. The summed E-state index contributed by atoms with van der Waals surface area (Å²) in [5.41, 5.74) is 7.60. The topological polar surface area (TPSA) is 44.3 Å². The number of aryl methyl sites for hydroxylation is 1. The predicted molar refractivity (Wildman–Crippen MR) is 66.1 cm³/mol. The van der Waals surface area contributed by atoms with Gasteiger partial charge in [-0.15, -0.1) is 5.10 Å². The molecule has 0 N–H and O–H groups in total. The molecule has 3 rings (SSSR count). The monoisotopic (exact) mass is 223 g/mol. The Morgan fingerprint density at radius 2 is 1.94 bits per heavy atom. The van der Waals surface area contributed by atoms with E-state index in [1.807, 2.05) is 54.1 Å². The SMILES string of the molecule is Cc1cc(C2=N[N]C=C2)nn1-c1ccccc1. The van der Waals surface area contributed by atoms with Gasteiger partial charge in [0.2, 0.25) is 0 Å². The van der Waals surface area contributed by atoms with Crippen molar-refractivity contribution in [3.63, 3.8) is 0 Å². The van der Waals surface area contributed by atoms with E-state index < -0.39 is 0 Å². The standard InChI is InChI=1S/C13H11N4/c1-10-9-13(12-7-8-14-15-12)16-17(10)11-5-3-2-4-6-11/h2-9H,1H3. The van der Waals surface area contributed by atoms with Gasteiger partial charge in [0.25, 0.3) is 0 Å². The molecule has 1 aliphatic rings. The van der Waals surface area contributed by atoms with Crippen LogP contribution in [0.3, 0.4) is 0 Å². The van der Waals surface area contributed by atoms with Crippen molar-refractivity contribution in [3.8, 4) is 5.69 Å². The first kappa shape index (κ1) is 9.84. The average molecular weight is 223 g/mol. The zero-order valence-electron chi connectivity index (χ0n) is 9.41. The summed E-state index contributed by atoms with van der Waals surface area (Å²) in [6.45, 7) is 2.03. The molecular weight excluding hydrogens is 212 g/mol. The van der Waals surface area contributed by atoms with E-state index in [-0.39, 0.29) is 0 Å². The minimum Gasteiger partial charge on any atom is -0.237 e. The fraction of sp³-hybridized carbons (Fsp3) is 0.0769. The summed E-state index contributed by atoms with van der Waals surface area (Å²) in [5, 5.41) is 8.55. The van der Waals surface area contributed by atoms with Crippen molar-refractivity contribution < 1.29 is 0 Å². The van der Waals surface area contributed by atoms with Gasteiger partial charge in [0.05, 0.1) is 11.9 Å². The molecule has 0 bridgehead atoms. The van der Waals surface area contributed by atoms with Gasteiger partial charge in [0, 0.05) is 5.69 Å². The van der Waals surface area contributed by atoms with Crippen LogP contribution < -0.4 is 5.43 Å². The Morgan fingerprint density at radius 1 is 1.12 bits per heavy atom. The largest absolute Gasteiger partial charge is 0.237 e. The molecule has 0 saturated carbocycles. The van der Waals surface area contributed by atoms with E-state index in [4.69, 9.17) is 0 Å². The molecule has 0 unspecified atom stereocenters. The summed E-state index contributed by atoms with van der Waals surface area (Å²) in [7, 11) is 0. The van der Waals surface area contributed by atoms with Crippen LogP contribution in [-0.2, 0) is 0 Å². The predicted octanol–water partition coefficient (Wildman–Crippen LogP) is 2.02. The molecule has 2 heterocycles. The Hall–Kier alpha value is -2.36. The van der Waals surface area contributed by atoms with E-state index in [0.29, 0.717) is 0 Å². The molecule has 0 amide bonds. The quantitative estimate of drug-likeness (QED) is 0.768. The second kappa shape index (κ2) is 3.90. The molecule has 0 fully saturated rings. The van der Waals surface area contributed by atoms with Crippen LogP contribution in [0.15, 0.2) is 53.8 Å². The molecule has 1 aromatic heterocycles. The van der Waals surface area contributed by atoms with Gasteiger partial charge in [-0.2, -0.15) is 10.5 Å². The number of hydrogen-bond donors (Lipinski definition) is 0. The molecule has 1 radical (unpaired) electrons. The van der Waals surface area contributed by atoms with Gasteiger partial charge in [-0.25, -0.2) is 4.68 Å². The van der Waals surface area contributed by atoms with E-state index in [9.17, 15) is 0 Å². The molecule has 1 aliphatic heterocycles. The van der Waals surface area contributed by atoms with Crippen molar-refractivity contribution in [1.82, 2.24) is 15.2 Å². The third kappa shape index (κ3) is 1.73. The normalized spacial score (nSPS) is 13.6. The van der Waals surface area contributed by atoms with Crippen LogP contribution in [-0.4, -0.2) is 15.5 Å². The minimum absolute atomic E-state index is 0.808. The lowest BCUT2D eigenvalue weighted by Crippen LogP contribution is -2.01. The van der Waals surface area contributed by atoms with Gasteiger partial charge in [-0.05, 0) is 31.2 Å². The van der Waals surface area contributed by atoms with Crippen molar-refractivity contribution >= 4 is 5.71 Å². The van der Waals surface area contributed by atoms with Crippen LogP contribution in [0, 0.1) is 6.92 Å². The summed E-state index contributed by atoms with van der Waals surface area (Å²) < 4.78 is 1.91. The summed E-state index contributed by atoms with van der Waals surface area (Å²) in [5.74, 6) is 0. The highest BCUT2D eigenvalue weighted by atomic mass is 15.3. The Labute approximate surface area is 99.3 Å². The number of hydrogen-bond acceptors (Lipinski definition) is 2. The highest BCUT2D eigenvalue weighted by Crippen LogP contribution is 2.13. The van der Waals surface area contributed by atoms with Gasteiger partial charge in [0.15, 0.2) is 0 Å². The van der Waals surface area contributed by atoms with E-state index in [0.717, 1.165) is 22.8 Å². The van der Waals surface area contributed by atoms with Crippen LogP contribution in [0.25, 0.3) is 5.69 Å². The average Bonchev–Trinajstić information content (AvgIpc) is 2.99. The first-order valence-electron chi connectivity index (χ1n) is 5.41. The van der Waals surface area contributed by atoms with Gasteiger partial charge in [-0.3, -0.25) is 0 Å². The van der Waals surface area contributed by atoms with Crippen molar-refractivity contribution in [2.75, 3.05) is 0 Å². The molecule has 0 aliphatic carbocycles. The third-order valence-corrected chi connectivity index (χ3v) is 2.62. The number of aromatic nitrogens is 2. The summed E-state index contributed by atoms with van der Waals surface area (Å²) >= 11 is 0. The maximum atomic E-state index is 4.54. The Kier molecular flexibility index (Phi) is 2.26. The number of rotatable bonds is 2. The molecule has 83 valence electrons. The summed E-state index contributed by atoms with van der Waals surface area (Å²) in [6.07, 6.45) is 3.53. The minimum atomic E-state index is 0.808. The molecule has 4 nitrogen and oxygen atoms in total. The molecule has 2 aromatic rings. The van der Waals surface area contributed by atoms with Crippen molar-refractivity contribution in [2.45, 2.75) is 6.92 Å². The third-order valence-electron chi connectivity index (χ3n) is 2.62. The highest BCUT2D eigenvalue weighted by molar-refractivity contribution is 6.08. The molecule has 4 heteroatoms. The van der Waals surface area contributed by atoms with Crippen LogP contribution in [0.5, 0.6) is 0 Å². The van der Waals surface area contributed by atoms with Crippen LogP contribution in [0.2, 0.25) is 0 Å². The number of allylic oxidation sites excluding steroid dienone is 1. The van der Waals surface area contributed by atoms with Gasteiger partial charge in [-0.1, -0.05) is 18.2 Å². The lowest BCUT2D eigenvalue weighted by atomic mass is 10.2. The van der Waals surface area contributed by atoms with Gasteiger partial charge in [0.1, 0.15) is 11.4 Å². The number of benzene rings is 1. The number of nitrogens with zero attached hydrogens (tertiary/aromatic N) is 4. The first-order chi connectivity index (χ1) is 8.34. The molecule has 0 spiro atoms. The van der Waals surface area contributed by atoms with Crippen LogP contribution in [0.4, 0.5) is 0 Å². The molecular formula is C13H11N4. The fourth-order valence-corrected chi connectivity index (χ4v) is 1.80. The maximum absolute atomic E-state index is 4.54. The second-order valence-corrected chi connectivity index (χ2v) is 3.83. The van der Waals surface area contributed by atoms with E-state index in [1.165, 1.54) is 0 Å². The second-order valence-electron chi connectivity index (χ2n) is 3.83. The van der Waals surface area contributed by atoms with Gasteiger partial charge >= 0.3 is 0 Å². The van der Waals surface area contributed by atoms with E-state index in [1.54, 1.807) is 6.20 Å². The zero-order valence-corrected chi connectivity index (χ0v) is 9.41. The maximum Gasteiger partial charge on any atom is 0.115 e. The highest BCUT2D eigenvalue weighted by Gasteiger charge is 2.11. The van der Waals surface area contributed by atoms with Crippen molar-refractivity contribution in [3.05, 3.63) is 60.1 Å². The van der Waals surface area contributed by atoms with Crippen LogP contribution in [0.1, 0.15) is 11.4 Å². The zero-order chi connectivity index (χ0) is 11.7. The first-order valence-corrected chi connectivity index (χ1v) is 5.41. The van der Waals surface area contributed by atoms with E-state index >= 15 is 0 Å². The lowest BCUT2D eigenvalue weighted by molar-refractivity contribution is 0.843. The summed E-state index contributed by atoms with van der Waals surface area (Å²) in [4.78, 5) is 0. The van der Waals surface area contributed by atoms with Crippen molar-refractivity contribution in [2.24, 2.45) is 5.10 Å². The van der Waals surface area contributed by atoms with Gasteiger partial charge < -0.3 is 0 Å². The van der Waals surface area contributed by atoms with Crippen molar-refractivity contribution in [1.29, 1.82) is 0 Å². The Bertz CT molecular complexity index is 593. The number of para-hydroxylation sites is 1. The molecule has 17 heavy (non-hydrogen) atoms.